The molecule has 0 radical (unpaired) electrons. The molecule has 0 heterocycles. The Morgan fingerprint density at radius 1 is 1.28 bits per heavy atom. The van der Waals surface area contributed by atoms with E-state index in [-0.39, 0.29) is 0 Å². The molecular formula is C15H26N2O. The van der Waals surface area contributed by atoms with Crippen LogP contribution >= 0.6 is 0 Å². The van der Waals surface area contributed by atoms with E-state index in [4.69, 9.17) is 5.26 Å². The molecule has 0 saturated heterocycles. The maximum absolute atomic E-state index is 10.7. The fourth-order valence-corrected chi connectivity index (χ4v) is 2.98. The molecule has 0 amide bonds. The minimum atomic E-state index is -0.489. The van der Waals surface area contributed by atoms with Gasteiger partial charge >= 0.3 is 0 Å². The van der Waals surface area contributed by atoms with Crippen molar-refractivity contribution in [3.8, 4) is 6.07 Å². The molecule has 3 nitrogen and oxygen atoms in total. The molecule has 2 aliphatic rings. The Morgan fingerprint density at radius 3 is 2.50 bits per heavy atom. The van der Waals surface area contributed by atoms with E-state index >= 15 is 0 Å². The van der Waals surface area contributed by atoms with Crippen molar-refractivity contribution in [2.45, 2.75) is 57.5 Å². The molecule has 0 aromatic heterocycles. The van der Waals surface area contributed by atoms with Gasteiger partial charge in [0.25, 0.3) is 0 Å². The van der Waals surface area contributed by atoms with Crippen LogP contribution in [0.2, 0.25) is 0 Å². The van der Waals surface area contributed by atoms with E-state index in [1.807, 2.05) is 0 Å². The van der Waals surface area contributed by atoms with Gasteiger partial charge in [-0.3, -0.25) is 4.90 Å². The van der Waals surface area contributed by atoms with Crippen LogP contribution in [0.5, 0.6) is 0 Å². The zero-order valence-electron chi connectivity index (χ0n) is 11.6. The molecule has 1 N–H and O–H groups in total. The Balaban J connectivity index is 1.83. The molecule has 0 unspecified atom stereocenters. The molecule has 0 atom stereocenters. The summed E-state index contributed by atoms with van der Waals surface area (Å²) in [4.78, 5) is 2.33. The smallest absolute Gasteiger partial charge is 0.0774 e. The van der Waals surface area contributed by atoms with Crippen LogP contribution in [0, 0.1) is 23.2 Å². The number of nitrogens with zero attached hydrogens (tertiary/aromatic N) is 2. The van der Waals surface area contributed by atoms with Gasteiger partial charge in [-0.25, -0.2) is 0 Å². The van der Waals surface area contributed by atoms with E-state index in [0.717, 1.165) is 57.2 Å². The first-order chi connectivity index (χ1) is 8.61. The third kappa shape index (κ3) is 4.26. The average molecular weight is 250 g/mol. The molecule has 0 aromatic rings. The van der Waals surface area contributed by atoms with Crippen molar-refractivity contribution in [2.75, 3.05) is 19.6 Å². The van der Waals surface area contributed by atoms with Gasteiger partial charge in [0.15, 0.2) is 0 Å². The Hall–Kier alpha value is -0.590. The number of nitriles is 1. The molecule has 0 aromatic carbocycles. The number of aliphatic hydroxyl groups is 1. The van der Waals surface area contributed by atoms with Gasteiger partial charge in [-0.2, -0.15) is 5.26 Å². The fraction of sp³-hybridized carbons (Fsp3) is 0.933. The summed E-state index contributed by atoms with van der Waals surface area (Å²) in [5, 5.41) is 19.4. The Labute approximate surface area is 111 Å². The predicted molar refractivity (Wildman–Crippen MR) is 72.0 cm³/mol. The van der Waals surface area contributed by atoms with Gasteiger partial charge in [0.05, 0.1) is 11.7 Å². The summed E-state index contributed by atoms with van der Waals surface area (Å²) in [6, 6.07) is 2.23. The second-order valence-electron chi connectivity index (χ2n) is 6.49. The first-order valence-corrected chi connectivity index (χ1v) is 7.43. The van der Waals surface area contributed by atoms with Crippen LogP contribution in [0.3, 0.4) is 0 Å². The molecular weight excluding hydrogens is 224 g/mol. The first-order valence-electron chi connectivity index (χ1n) is 7.43. The molecule has 18 heavy (non-hydrogen) atoms. The maximum Gasteiger partial charge on any atom is 0.0774 e. The second-order valence-corrected chi connectivity index (χ2v) is 6.49. The van der Waals surface area contributed by atoms with Gasteiger partial charge < -0.3 is 5.11 Å². The topological polar surface area (TPSA) is 47.3 Å². The highest BCUT2D eigenvalue weighted by Crippen LogP contribution is 2.34. The van der Waals surface area contributed by atoms with Crippen molar-refractivity contribution >= 4 is 0 Å². The number of rotatable bonds is 6. The molecule has 0 aliphatic heterocycles. The van der Waals surface area contributed by atoms with E-state index < -0.39 is 5.60 Å². The van der Waals surface area contributed by atoms with Crippen LogP contribution in [0.15, 0.2) is 0 Å². The van der Waals surface area contributed by atoms with Gasteiger partial charge in [-0.05, 0) is 50.4 Å². The van der Waals surface area contributed by atoms with Crippen molar-refractivity contribution in [3.63, 3.8) is 0 Å². The third-order valence-corrected chi connectivity index (χ3v) is 4.48. The summed E-state index contributed by atoms with van der Waals surface area (Å²) in [5.74, 6) is 1.59. The molecule has 0 bridgehead atoms. The minimum Gasteiger partial charge on any atom is -0.389 e. The van der Waals surface area contributed by atoms with Gasteiger partial charge in [-0.1, -0.05) is 6.92 Å². The second kappa shape index (κ2) is 6.04. The zero-order chi connectivity index (χ0) is 13.0. The Bertz CT molecular complexity index is 298. The SMILES string of the molecule is CC1CCC(O)(CN(CCC#N)CC2CC2)CC1. The van der Waals surface area contributed by atoms with E-state index in [1.165, 1.54) is 12.8 Å². The van der Waals surface area contributed by atoms with Crippen LogP contribution in [-0.2, 0) is 0 Å². The van der Waals surface area contributed by atoms with Crippen LogP contribution in [0.1, 0.15) is 51.9 Å². The lowest BCUT2D eigenvalue weighted by Gasteiger charge is -2.38. The van der Waals surface area contributed by atoms with Crippen LogP contribution < -0.4 is 0 Å². The van der Waals surface area contributed by atoms with Crippen molar-refractivity contribution in [1.29, 1.82) is 5.26 Å². The predicted octanol–water partition coefficient (Wildman–Crippen LogP) is 2.55. The van der Waals surface area contributed by atoms with Gasteiger partial charge in [-0.15, -0.1) is 0 Å². The quantitative estimate of drug-likeness (QED) is 0.788. The van der Waals surface area contributed by atoms with Crippen molar-refractivity contribution in [2.24, 2.45) is 11.8 Å². The van der Waals surface area contributed by atoms with E-state index in [2.05, 4.69) is 17.9 Å². The van der Waals surface area contributed by atoms with Crippen molar-refractivity contribution in [1.82, 2.24) is 4.90 Å². The lowest BCUT2D eigenvalue weighted by molar-refractivity contribution is -0.0355. The highest BCUT2D eigenvalue weighted by atomic mass is 16.3. The Kier molecular flexibility index (Phi) is 4.64. The third-order valence-electron chi connectivity index (χ3n) is 4.48. The summed E-state index contributed by atoms with van der Waals surface area (Å²) < 4.78 is 0. The van der Waals surface area contributed by atoms with Gasteiger partial charge in [0.2, 0.25) is 0 Å². The highest BCUT2D eigenvalue weighted by molar-refractivity contribution is 4.89. The molecule has 2 saturated carbocycles. The summed E-state index contributed by atoms with van der Waals surface area (Å²) in [6.45, 7) is 4.96. The lowest BCUT2D eigenvalue weighted by Crippen LogP contribution is -2.46. The van der Waals surface area contributed by atoms with Gasteiger partial charge in [0, 0.05) is 26.1 Å². The number of hydrogen-bond donors (Lipinski definition) is 1. The highest BCUT2D eigenvalue weighted by Gasteiger charge is 2.35. The summed E-state index contributed by atoms with van der Waals surface area (Å²) in [5.41, 5.74) is -0.489. The van der Waals surface area contributed by atoms with Crippen molar-refractivity contribution in [3.05, 3.63) is 0 Å². The van der Waals surface area contributed by atoms with Crippen LogP contribution in [0.4, 0.5) is 0 Å². The lowest BCUT2D eigenvalue weighted by atomic mass is 9.79. The normalized spacial score (nSPS) is 32.4. The summed E-state index contributed by atoms with van der Waals surface area (Å²) in [6.07, 6.45) is 7.40. The summed E-state index contributed by atoms with van der Waals surface area (Å²) in [7, 11) is 0. The molecule has 2 rings (SSSR count). The minimum absolute atomic E-state index is 0.489. The average Bonchev–Trinajstić information content (AvgIpc) is 3.14. The number of hydrogen-bond acceptors (Lipinski definition) is 3. The standard InChI is InChI=1S/C15H26N2O/c1-13-5-7-15(18,8-6-13)12-17(10-2-9-16)11-14-3-4-14/h13-14,18H,2-8,10-12H2,1H3. The monoisotopic (exact) mass is 250 g/mol. The molecule has 3 heteroatoms. The zero-order valence-corrected chi connectivity index (χ0v) is 11.6. The summed E-state index contributed by atoms with van der Waals surface area (Å²) >= 11 is 0. The largest absolute Gasteiger partial charge is 0.389 e. The van der Waals surface area contributed by atoms with E-state index in [1.54, 1.807) is 0 Å². The van der Waals surface area contributed by atoms with E-state index in [0.29, 0.717) is 6.42 Å². The van der Waals surface area contributed by atoms with Crippen LogP contribution in [0.25, 0.3) is 0 Å². The maximum atomic E-state index is 10.7. The van der Waals surface area contributed by atoms with E-state index in [9.17, 15) is 5.11 Å². The fourth-order valence-electron chi connectivity index (χ4n) is 2.98. The van der Waals surface area contributed by atoms with Crippen LogP contribution in [-0.4, -0.2) is 35.2 Å². The Morgan fingerprint density at radius 2 is 1.94 bits per heavy atom. The molecule has 2 fully saturated rings. The molecule has 0 spiro atoms. The molecule has 102 valence electrons. The molecule has 2 aliphatic carbocycles. The first kappa shape index (κ1) is 13.8. The van der Waals surface area contributed by atoms with Gasteiger partial charge in [0.1, 0.15) is 0 Å². The van der Waals surface area contributed by atoms with Crippen molar-refractivity contribution < 1.29 is 5.11 Å².